The molecule has 0 radical (unpaired) electrons. The molecule has 3 aliphatic rings. The number of nitrogens with zero attached hydrogens (tertiary/aromatic N) is 2. The Bertz CT molecular complexity index is 269. The minimum Gasteiger partial charge on any atom is -0.396 e. The van der Waals surface area contributed by atoms with E-state index >= 15 is 0 Å². The highest BCUT2D eigenvalue weighted by molar-refractivity contribution is 4.91. The first kappa shape index (κ1) is 12.9. The lowest BCUT2D eigenvalue weighted by Gasteiger charge is -2.46. The number of piperidine rings is 1. The fourth-order valence-electron chi connectivity index (χ4n) is 3.68. The van der Waals surface area contributed by atoms with Crippen LogP contribution in [0.3, 0.4) is 0 Å². The normalized spacial score (nSPS) is 33.5. The molecule has 104 valence electrons. The highest BCUT2D eigenvalue weighted by Gasteiger charge is 2.40. The summed E-state index contributed by atoms with van der Waals surface area (Å²) in [6.45, 7) is 7.78. The number of ether oxygens (including phenoxy) is 1. The van der Waals surface area contributed by atoms with Crippen molar-refractivity contribution in [2.24, 2.45) is 5.41 Å². The maximum absolute atomic E-state index is 9.53. The lowest BCUT2D eigenvalue weighted by atomic mass is 9.85. The summed E-state index contributed by atoms with van der Waals surface area (Å²) in [5, 5.41) is 9.53. The zero-order valence-corrected chi connectivity index (χ0v) is 11.3. The molecule has 4 heteroatoms. The Morgan fingerprint density at radius 1 is 1.11 bits per heavy atom. The van der Waals surface area contributed by atoms with E-state index in [0.29, 0.717) is 0 Å². The Balaban J connectivity index is 1.53. The van der Waals surface area contributed by atoms with Crippen LogP contribution in [0, 0.1) is 5.41 Å². The van der Waals surface area contributed by atoms with Gasteiger partial charge in [0.25, 0.3) is 0 Å². The Kier molecular flexibility index (Phi) is 3.89. The third kappa shape index (κ3) is 2.57. The molecule has 4 nitrogen and oxygen atoms in total. The molecule has 1 unspecified atom stereocenters. The lowest BCUT2D eigenvalue weighted by molar-refractivity contribution is -0.151. The summed E-state index contributed by atoms with van der Waals surface area (Å²) in [6, 6.07) is 0.762. The molecule has 0 aromatic rings. The van der Waals surface area contributed by atoms with Gasteiger partial charge in [0.15, 0.2) is 0 Å². The van der Waals surface area contributed by atoms with Gasteiger partial charge in [0, 0.05) is 19.1 Å². The van der Waals surface area contributed by atoms with Crippen molar-refractivity contribution in [1.82, 2.24) is 9.80 Å². The lowest BCUT2D eigenvalue weighted by Crippen LogP contribution is -2.56. The number of aliphatic hydroxyl groups is 1. The summed E-state index contributed by atoms with van der Waals surface area (Å²) >= 11 is 0. The van der Waals surface area contributed by atoms with Crippen molar-refractivity contribution >= 4 is 0 Å². The van der Waals surface area contributed by atoms with Gasteiger partial charge in [-0.3, -0.25) is 4.90 Å². The SMILES string of the molecule is OCC1(CN2CCCC(N3CCCC3)C2)COC1. The van der Waals surface area contributed by atoms with E-state index in [2.05, 4.69) is 9.80 Å². The predicted octanol–water partition coefficient (Wildman–Crippen LogP) is 0.556. The standard InChI is InChI=1S/C14H26N2O2/c17-10-14(11-18-12-14)9-15-5-3-4-13(8-15)16-6-1-2-7-16/h13,17H,1-12H2. The minimum absolute atomic E-state index is 0.0485. The first-order chi connectivity index (χ1) is 8.81. The maximum Gasteiger partial charge on any atom is 0.0579 e. The number of aliphatic hydroxyl groups excluding tert-OH is 1. The molecule has 3 heterocycles. The van der Waals surface area contributed by atoms with Gasteiger partial charge < -0.3 is 14.7 Å². The van der Waals surface area contributed by atoms with E-state index in [1.54, 1.807) is 0 Å². The molecule has 3 aliphatic heterocycles. The smallest absolute Gasteiger partial charge is 0.0579 e. The van der Waals surface area contributed by atoms with Gasteiger partial charge in [-0.2, -0.15) is 0 Å². The molecule has 0 spiro atoms. The largest absolute Gasteiger partial charge is 0.396 e. The van der Waals surface area contributed by atoms with E-state index in [0.717, 1.165) is 25.8 Å². The van der Waals surface area contributed by atoms with Crippen molar-refractivity contribution in [2.45, 2.75) is 31.7 Å². The van der Waals surface area contributed by atoms with Crippen LogP contribution in [-0.4, -0.2) is 73.5 Å². The van der Waals surface area contributed by atoms with E-state index < -0.39 is 0 Å². The summed E-state index contributed by atoms with van der Waals surface area (Å²) in [7, 11) is 0. The number of rotatable bonds is 4. The predicted molar refractivity (Wildman–Crippen MR) is 70.6 cm³/mol. The van der Waals surface area contributed by atoms with Gasteiger partial charge in [0.2, 0.25) is 0 Å². The van der Waals surface area contributed by atoms with Gasteiger partial charge in [-0.25, -0.2) is 0 Å². The molecule has 3 rings (SSSR count). The van der Waals surface area contributed by atoms with Crippen LogP contribution < -0.4 is 0 Å². The molecule has 1 atom stereocenters. The Labute approximate surface area is 110 Å². The number of likely N-dealkylation sites (tertiary alicyclic amines) is 2. The van der Waals surface area contributed by atoms with Crippen molar-refractivity contribution in [3.63, 3.8) is 0 Å². The topological polar surface area (TPSA) is 35.9 Å². The van der Waals surface area contributed by atoms with E-state index in [1.165, 1.54) is 51.9 Å². The van der Waals surface area contributed by atoms with Crippen LogP contribution >= 0.6 is 0 Å². The highest BCUT2D eigenvalue weighted by atomic mass is 16.5. The van der Waals surface area contributed by atoms with E-state index in [4.69, 9.17) is 4.74 Å². The zero-order valence-electron chi connectivity index (χ0n) is 11.3. The van der Waals surface area contributed by atoms with Crippen molar-refractivity contribution < 1.29 is 9.84 Å². The van der Waals surface area contributed by atoms with Crippen molar-refractivity contribution in [1.29, 1.82) is 0 Å². The first-order valence-corrected chi connectivity index (χ1v) is 7.46. The van der Waals surface area contributed by atoms with Gasteiger partial charge in [-0.1, -0.05) is 0 Å². The molecular formula is C14H26N2O2. The van der Waals surface area contributed by atoms with Crippen molar-refractivity contribution in [3.8, 4) is 0 Å². The van der Waals surface area contributed by atoms with Crippen LogP contribution in [0.5, 0.6) is 0 Å². The van der Waals surface area contributed by atoms with E-state index in [1.807, 2.05) is 0 Å². The third-order valence-electron chi connectivity index (χ3n) is 4.85. The zero-order chi connectivity index (χ0) is 12.4. The van der Waals surface area contributed by atoms with Crippen LogP contribution in [0.2, 0.25) is 0 Å². The van der Waals surface area contributed by atoms with Gasteiger partial charge in [0.05, 0.1) is 25.2 Å². The van der Waals surface area contributed by atoms with Crippen LogP contribution in [-0.2, 0) is 4.74 Å². The molecule has 3 saturated heterocycles. The third-order valence-corrected chi connectivity index (χ3v) is 4.85. The summed E-state index contributed by atoms with van der Waals surface area (Å²) in [5.41, 5.74) is 0.0485. The van der Waals surface area contributed by atoms with Crippen LogP contribution in [0.4, 0.5) is 0 Å². The van der Waals surface area contributed by atoms with Gasteiger partial charge in [-0.05, 0) is 45.3 Å². The molecule has 0 aliphatic carbocycles. The van der Waals surface area contributed by atoms with Crippen molar-refractivity contribution in [2.75, 3.05) is 52.5 Å². The second-order valence-electron chi connectivity index (χ2n) is 6.43. The fourth-order valence-corrected chi connectivity index (χ4v) is 3.68. The quantitative estimate of drug-likeness (QED) is 0.795. The molecule has 1 N–H and O–H groups in total. The molecule has 0 bridgehead atoms. The number of hydrogen-bond donors (Lipinski definition) is 1. The Morgan fingerprint density at radius 3 is 2.50 bits per heavy atom. The average molecular weight is 254 g/mol. The highest BCUT2D eigenvalue weighted by Crippen LogP contribution is 2.30. The number of hydrogen-bond acceptors (Lipinski definition) is 4. The van der Waals surface area contributed by atoms with E-state index in [-0.39, 0.29) is 12.0 Å². The fraction of sp³-hybridized carbons (Fsp3) is 1.00. The first-order valence-electron chi connectivity index (χ1n) is 7.46. The second-order valence-corrected chi connectivity index (χ2v) is 6.43. The molecule has 3 fully saturated rings. The van der Waals surface area contributed by atoms with Crippen molar-refractivity contribution in [3.05, 3.63) is 0 Å². The van der Waals surface area contributed by atoms with Gasteiger partial charge >= 0.3 is 0 Å². The molecule has 0 aromatic carbocycles. The second kappa shape index (κ2) is 5.45. The van der Waals surface area contributed by atoms with Crippen LogP contribution in [0.15, 0.2) is 0 Å². The van der Waals surface area contributed by atoms with Crippen LogP contribution in [0.25, 0.3) is 0 Å². The molecule has 0 aromatic heterocycles. The van der Waals surface area contributed by atoms with Crippen LogP contribution in [0.1, 0.15) is 25.7 Å². The monoisotopic (exact) mass is 254 g/mol. The summed E-state index contributed by atoms with van der Waals surface area (Å²) in [6.07, 6.45) is 5.43. The van der Waals surface area contributed by atoms with Gasteiger partial charge in [0.1, 0.15) is 0 Å². The van der Waals surface area contributed by atoms with E-state index in [9.17, 15) is 5.11 Å². The minimum atomic E-state index is 0.0485. The molecular weight excluding hydrogens is 228 g/mol. The average Bonchev–Trinajstić information content (AvgIpc) is 2.88. The molecule has 0 amide bonds. The maximum atomic E-state index is 9.53. The molecule has 0 saturated carbocycles. The Hall–Kier alpha value is -0.160. The molecule has 18 heavy (non-hydrogen) atoms. The summed E-state index contributed by atoms with van der Waals surface area (Å²) in [5.74, 6) is 0. The van der Waals surface area contributed by atoms with Gasteiger partial charge in [-0.15, -0.1) is 0 Å². The Morgan fingerprint density at radius 2 is 1.89 bits per heavy atom. The summed E-state index contributed by atoms with van der Waals surface area (Å²) < 4.78 is 5.30. The summed E-state index contributed by atoms with van der Waals surface area (Å²) in [4.78, 5) is 5.24.